The van der Waals surface area contributed by atoms with Gasteiger partial charge in [0.05, 0.1) is 0 Å². The van der Waals surface area contributed by atoms with Crippen LogP contribution in [0.25, 0.3) is 0 Å². The standard InChI is InChI=1S/C21H17O2S/c1-2-17(22)15-12-13-21-19(14-15)23-18-10-6-7-11-20(18)24(21)16-8-4-3-5-9-16/h3-14H,2H2,1H3/q+1. The summed E-state index contributed by atoms with van der Waals surface area (Å²) < 4.78 is 6.12. The number of rotatable bonds is 3. The molecule has 4 rings (SSSR count). The molecule has 0 saturated heterocycles. The number of carbonyl (C=O) groups is 1. The van der Waals surface area contributed by atoms with Crippen LogP contribution >= 0.6 is 0 Å². The Bertz CT molecular complexity index is 903. The van der Waals surface area contributed by atoms with Gasteiger partial charge < -0.3 is 4.74 Å². The Morgan fingerprint density at radius 1 is 0.875 bits per heavy atom. The van der Waals surface area contributed by atoms with Crippen molar-refractivity contribution in [1.82, 2.24) is 0 Å². The average molecular weight is 333 g/mol. The molecule has 24 heavy (non-hydrogen) atoms. The van der Waals surface area contributed by atoms with E-state index in [1.165, 1.54) is 9.79 Å². The molecule has 3 aromatic carbocycles. The molecular weight excluding hydrogens is 316 g/mol. The van der Waals surface area contributed by atoms with E-state index in [1.54, 1.807) is 0 Å². The van der Waals surface area contributed by atoms with Gasteiger partial charge in [0.15, 0.2) is 22.2 Å². The summed E-state index contributed by atoms with van der Waals surface area (Å²) in [5.41, 5.74) is 0.715. The van der Waals surface area contributed by atoms with Crippen molar-refractivity contribution in [3.05, 3.63) is 78.4 Å². The fourth-order valence-corrected chi connectivity index (χ4v) is 5.09. The van der Waals surface area contributed by atoms with Crippen LogP contribution in [0.1, 0.15) is 23.7 Å². The smallest absolute Gasteiger partial charge is 0.209 e. The second-order valence-electron chi connectivity index (χ2n) is 5.61. The zero-order chi connectivity index (χ0) is 16.5. The van der Waals surface area contributed by atoms with E-state index in [0.29, 0.717) is 12.0 Å². The lowest BCUT2D eigenvalue weighted by molar-refractivity contribution is 0.0987. The number of ether oxygens (including phenoxy) is 1. The third-order valence-electron chi connectivity index (χ3n) is 4.07. The second kappa shape index (κ2) is 6.17. The van der Waals surface area contributed by atoms with Gasteiger partial charge in [-0.3, -0.25) is 4.79 Å². The van der Waals surface area contributed by atoms with Crippen molar-refractivity contribution in [2.45, 2.75) is 28.0 Å². The van der Waals surface area contributed by atoms with Gasteiger partial charge in [0, 0.05) is 12.0 Å². The molecule has 3 heteroatoms. The maximum atomic E-state index is 12.0. The molecule has 0 bridgehead atoms. The van der Waals surface area contributed by atoms with Crippen LogP contribution in [0.5, 0.6) is 11.5 Å². The topological polar surface area (TPSA) is 26.3 Å². The zero-order valence-electron chi connectivity index (χ0n) is 13.4. The minimum absolute atomic E-state index is 0.139. The van der Waals surface area contributed by atoms with Crippen molar-refractivity contribution >= 4 is 16.7 Å². The lowest BCUT2D eigenvalue weighted by atomic mass is 10.1. The predicted octanol–water partition coefficient (Wildman–Crippen LogP) is 5.48. The molecule has 3 aromatic rings. The number of benzene rings is 3. The van der Waals surface area contributed by atoms with Crippen molar-refractivity contribution in [2.24, 2.45) is 0 Å². The maximum Gasteiger partial charge on any atom is 0.209 e. The molecule has 0 aliphatic carbocycles. The van der Waals surface area contributed by atoms with Gasteiger partial charge in [0.25, 0.3) is 0 Å². The predicted molar refractivity (Wildman–Crippen MR) is 96.2 cm³/mol. The molecule has 2 nitrogen and oxygen atoms in total. The van der Waals surface area contributed by atoms with Gasteiger partial charge in [0.1, 0.15) is 10.9 Å². The fourth-order valence-electron chi connectivity index (χ4n) is 2.88. The SMILES string of the molecule is CCC(=O)c1ccc2c(c1)Oc1ccccc1[S+]2c1ccccc1. The van der Waals surface area contributed by atoms with Crippen LogP contribution in [-0.4, -0.2) is 5.78 Å². The number of para-hydroxylation sites is 1. The van der Waals surface area contributed by atoms with E-state index < -0.39 is 0 Å². The van der Waals surface area contributed by atoms with Crippen molar-refractivity contribution in [1.29, 1.82) is 0 Å². The van der Waals surface area contributed by atoms with E-state index in [4.69, 9.17) is 4.74 Å². The first kappa shape index (κ1) is 15.0. The van der Waals surface area contributed by atoms with E-state index in [2.05, 4.69) is 30.3 Å². The maximum absolute atomic E-state index is 12.0. The lowest BCUT2D eigenvalue weighted by Crippen LogP contribution is -2.13. The van der Waals surface area contributed by atoms with Crippen molar-refractivity contribution in [3.63, 3.8) is 0 Å². The highest BCUT2D eigenvalue weighted by molar-refractivity contribution is 7.97. The average Bonchev–Trinajstić information content (AvgIpc) is 2.65. The van der Waals surface area contributed by atoms with Crippen LogP contribution in [0, 0.1) is 0 Å². The fraction of sp³-hybridized carbons (Fsp3) is 0.0952. The lowest BCUT2D eigenvalue weighted by Gasteiger charge is -2.20. The molecule has 1 atom stereocenters. The van der Waals surface area contributed by atoms with Crippen LogP contribution in [-0.2, 0) is 10.9 Å². The van der Waals surface area contributed by atoms with Crippen LogP contribution in [0.4, 0.5) is 0 Å². The number of hydrogen-bond acceptors (Lipinski definition) is 2. The van der Waals surface area contributed by atoms with Crippen LogP contribution in [0.15, 0.2) is 87.5 Å². The van der Waals surface area contributed by atoms with E-state index in [9.17, 15) is 4.79 Å². The van der Waals surface area contributed by atoms with E-state index in [1.807, 2.05) is 49.4 Å². The third kappa shape index (κ3) is 2.51. The summed E-state index contributed by atoms with van der Waals surface area (Å²) in [5.74, 6) is 1.80. The molecule has 1 unspecified atom stereocenters. The first-order valence-electron chi connectivity index (χ1n) is 8.01. The molecule has 0 saturated carbocycles. The Kier molecular flexibility index (Phi) is 3.87. The molecule has 0 N–H and O–H groups in total. The summed E-state index contributed by atoms with van der Waals surface area (Å²) in [7, 11) is -0.218. The van der Waals surface area contributed by atoms with Gasteiger partial charge in [-0.2, -0.15) is 0 Å². The first-order chi connectivity index (χ1) is 11.8. The molecule has 1 aliphatic rings. The highest BCUT2D eigenvalue weighted by Gasteiger charge is 2.39. The van der Waals surface area contributed by atoms with Crippen LogP contribution in [0.3, 0.4) is 0 Å². The first-order valence-corrected chi connectivity index (χ1v) is 9.24. The third-order valence-corrected chi connectivity index (χ3v) is 6.37. The Labute approximate surface area is 144 Å². The quantitative estimate of drug-likeness (QED) is 0.366. The van der Waals surface area contributed by atoms with E-state index in [-0.39, 0.29) is 16.7 Å². The summed E-state index contributed by atoms with van der Waals surface area (Å²) in [4.78, 5) is 15.6. The number of hydrogen-bond donors (Lipinski definition) is 0. The number of ketones is 1. The monoisotopic (exact) mass is 333 g/mol. The van der Waals surface area contributed by atoms with Crippen LogP contribution in [0.2, 0.25) is 0 Å². The second-order valence-corrected chi connectivity index (χ2v) is 7.57. The largest absolute Gasteiger partial charge is 0.447 e. The van der Waals surface area contributed by atoms with Crippen molar-refractivity contribution in [2.75, 3.05) is 0 Å². The van der Waals surface area contributed by atoms with Gasteiger partial charge in [-0.25, -0.2) is 0 Å². The highest BCUT2D eigenvalue weighted by Crippen LogP contribution is 2.47. The van der Waals surface area contributed by atoms with Crippen molar-refractivity contribution < 1.29 is 9.53 Å². The molecule has 0 radical (unpaired) electrons. The summed E-state index contributed by atoms with van der Waals surface area (Å²) >= 11 is 0. The van der Waals surface area contributed by atoms with Gasteiger partial charge in [-0.15, -0.1) is 0 Å². The summed E-state index contributed by atoms with van der Waals surface area (Å²) in [6.07, 6.45) is 0.500. The molecule has 118 valence electrons. The minimum Gasteiger partial charge on any atom is -0.447 e. The molecular formula is C21H17O2S+. The van der Waals surface area contributed by atoms with E-state index in [0.717, 1.165) is 16.4 Å². The molecule has 0 amide bonds. The molecule has 0 aromatic heterocycles. The normalized spacial score (nSPS) is 15.1. The Balaban J connectivity index is 1.90. The summed E-state index contributed by atoms with van der Waals surface area (Å²) in [6.45, 7) is 1.88. The van der Waals surface area contributed by atoms with Crippen molar-refractivity contribution in [3.8, 4) is 11.5 Å². The Morgan fingerprint density at radius 3 is 2.38 bits per heavy atom. The van der Waals surface area contributed by atoms with Gasteiger partial charge >= 0.3 is 0 Å². The summed E-state index contributed by atoms with van der Waals surface area (Å²) in [6, 6.07) is 24.5. The zero-order valence-corrected chi connectivity index (χ0v) is 14.2. The molecule has 1 heterocycles. The van der Waals surface area contributed by atoms with Gasteiger partial charge in [0.2, 0.25) is 9.79 Å². The minimum atomic E-state index is -0.218. The Hall–Kier alpha value is -2.52. The molecule has 0 fully saturated rings. The molecule has 1 aliphatic heterocycles. The highest BCUT2D eigenvalue weighted by atomic mass is 32.2. The van der Waals surface area contributed by atoms with E-state index >= 15 is 0 Å². The number of carbonyl (C=O) groups excluding carboxylic acids is 1. The van der Waals surface area contributed by atoms with Crippen LogP contribution < -0.4 is 4.74 Å². The van der Waals surface area contributed by atoms with Gasteiger partial charge in [-0.1, -0.05) is 37.3 Å². The van der Waals surface area contributed by atoms with Gasteiger partial charge in [-0.05, 0) is 42.5 Å². The Morgan fingerprint density at radius 2 is 1.58 bits per heavy atom. The molecule has 0 spiro atoms. The number of Topliss-reactive ketones (excluding diaryl/α,β-unsaturated/α-hetero) is 1. The summed E-state index contributed by atoms with van der Waals surface area (Å²) in [5, 5.41) is 0. The number of fused-ring (bicyclic) bond motifs is 2.